The van der Waals surface area contributed by atoms with Gasteiger partial charge in [0.15, 0.2) is 0 Å². The number of aromatic nitrogens is 2. The van der Waals surface area contributed by atoms with Crippen molar-refractivity contribution in [2.45, 2.75) is 20.3 Å². The Balaban J connectivity index is 2.57. The van der Waals surface area contributed by atoms with Crippen LogP contribution in [0.4, 0.5) is 11.8 Å². The molecule has 0 saturated carbocycles. The Bertz CT molecular complexity index is 362. The van der Waals surface area contributed by atoms with Crippen LogP contribution in [-0.2, 0) is 0 Å². The minimum atomic E-state index is 0.563. The van der Waals surface area contributed by atoms with Crippen molar-refractivity contribution in [1.82, 2.24) is 9.97 Å². The zero-order chi connectivity index (χ0) is 13.4. The highest BCUT2D eigenvalue weighted by Gasteiger charge is 2.07. The van der Waals surface area contributed by atoms with E-state index in [1.54, 1.807) is 6.20 Å². The maximum Gasteiger partial charge on any atom is 0.224 e. The van der Waals surface area contributed by atoms with Gasteiger partial charge in [-0.2, -0.15) is 16.7 Å². The lowest BCUT2D eigenvalue weighted by Crippen LogP contribution is -2.15. The molecule has 0 saturated heterocycles. The van der Waals surface area contributed by atoms with E-state index in [1.165, 1.54) is 0 Å². The number of rotatable bonds is 8. The maximum atomic E-state index is 6.07. The number of hydrogen-bond acceptors (Lipinski definition) is 5. The summed E-state index contributed by atoms with van der Waals surface area (Å²) in [4.78, 5) is 8.51. The fraction of sp³-hybridized carbons (Fsp3) is 0.667. The van der Waals surface area contributed by atoms with Gasteiger partial charge in [-0.1, -0.05) is 25.4 Å². The van der Waals surface area contributed by atoms with Crippen LogP contribution >= 0.6 is 23.4 Å². The van der Waals surface area contributed by atoms with E-state index in [4.69, 9.17) is 11.6 Å². The predicted octanol–water partition coefficient (Wildman–Crippen LogP) is 3.36. The smallest absolute Gasteiger partial charge is 0.224 e. The molecule has 1 heterocycles. The SMILES string of the molecule is CCCNc1ncc(Cl)c(NCC(C)CSC)n1. The second-order valence-corrected chi connectivity index (χ2v) is 5.58. The molecule has 1 aromatic heterocycles. The molecule has 18 heavy (non-hydrogen) atoms. The fourth-order valence-electron chi connectivity index (χ4n) is 1.43. The number of nitrogens with zero attached hydrogens (tertiary/aromatic N) is 2. The average Bonchev–Trinajstić information content (AvgIpc) is 2.36. The Kier molecular flexibility index (Phi) is 7.20. The Morgan fingerprint density at radius 3 is 2.89 bits per heavy atom. The van der Waals surface area contributed by atoms with Gasteiger partial charge in [-0.15, -0.1) is 0 Å². The van der Waals surface area contributed by atoms with Crippen LogP contribution in [0, 0.1) is 5.92 Å². The molecule has 102 valence electrons. The summed E-state index contributed by atoms with van der Waals surface area (Å²) in [6.07, 6.45) is 4.79. The van der Waals surface area contributed by atoms with Crippen LogP contribution in [0.2, 0.25) is 5.02 Å². The second kappa shape index (κ2) is 8.43. The Morgan fingerprint density at radius 1 is 1.44 bits per heavy atom. The van der Waals surface area contributed by atoms with Gasteiger partial charge in [0.2, 0.25) is 5.95 Å². The first-order valence-electron chi connectivity index (χ1n) is 6.16. The molecule has 1 unspecified atom stereocenters. The fourth-order valence-corrected chi connectivity index (χ4v) is 2.27. The first-order valence-corrected chi connectivity index (χ1v) is 7.93. The molecular formula is C12H21ClN4S. The number of thioether (sulfide) groups is 1. The highest BCUT2D eigenvalue weighted by Crippen LogP contribution is 2.20. The summed E-state index contributed by atoms with van der Waals surface area (Å²) in [5.41, 5.74) is 0. The summed E-state index contributed by atoms with van der Waals surface area (Å²) in [5, 5.41) is 6.99. The largest absolute Gasteiger partial charge is 0.368 e. The van der Waals surface area contributed by atoms with E-state index in [9.17, 15) is 0 Å². The molecule has 0 aliphatic carbocycles. The van der Waals surface area contributed by atoms with Crippen LogP contribution in [-0.4, -0.2) is 35.1 Å². The molecule has 0 fully saturated rings. The highest BCUT2D eigenvalue weighted by atomic mass is 35.5. The zero-order valence-electron chi connectivity index (χ0n) is 11.2. The number of hydrogen-bond donors (Lipinski definition) is 2. The molecule has 1 atom stereocenters. The zero-order valence-corrected chi connectivity index (χ0v) is 12.7. The van der Waals surface area contributed by atoms with Crippen molar-refractivity contribution in [2.24, 2.45) is 5.92 Å². The summed E-state index contributed by atoms with van der Waals surface area (Å²) in [6.45, 7) is 6.04. The van der Waals surface area contributed by atoms with Crippen molar-refractivity contribution in [1.29, 1.82) is 0 Å². The van der Waals surface area contributed by atoms with Gasteiger partial charge in [-0.3, -0.25) is 0 Å². The number of halogens is 1. The van der Waals surface area contributed by atoms with Gasteiger partial charge < -0.3 is 10.6 Å². The van der Waals surface area contributed by atoms with Gasteiger partial charge in [-0.05, 0) is 24.3 Å². The third-order valence-electron chi connectivity index (χ3n) is 2.35. The van der Waals surface area contributed by atoms with Crippen molar-refractivity contribution in [3.63, 3.8) is 0 Å². The van der Waals surface area contributed by atoms with Gasteiger partial charge in [-0.25, -0.2) is 4.98 Å². The molecule has 0 radical (unpaired) electrons. The molecule has 1 aromatic rings. The second-order valence-electron chi connectivity index (χ2n) is 4.26. The molecule has 0 bridgehead atoms. The summed E-state index contributed by atoms with van der Waals surface area (Å²) >= 11 is 7.92. The molecule has 6 heteroatoms. The Labute approximate surface area is 118 Å². The first-order chi connectivity index (χ1) is 8.67. The van der Waals surface area contributed by atoms with E-state index in [1.807, 2.05) is 11.8 Å². The third kappa shape index (κ3) is 5.31. The van der Waals surface area contributed by atoms with Crippen LogP contribution in [0.3, 0.4) is 0 Å². The topological polar surface area (TPSA) is 49.8 Å². The summed E-state index contributed by atoms with van der Waals surface area (Å²) in [6, 6.07) is 0. The Hall–Kier alpha value is -0.680. The van der Waals surface area contributed by atoms with Gasteiger partial charge in [0.25, 0.3) is 0 Å². The normalized spacial score (nSPS) is 12.2. The highest BCUT2D eigenvalue weighted by molar-refractivity contribution is 7.98. The lowest BCUT2D eigenvalue weighted by atomic mass is 10.2. The van der Waals surface area contributed by atoms with Crippen molar-refractivity contribution in [2.75, 3.05) is 35.7 Å². The van der Waals surface area contributed by atoms with Gasteiger partial charge in [0, 0.05) is 13.1 Å². The van der Waals surface area contributed by atoms with E-state index in [0.29, 0.717) is 22.7 Å². The van der Waals surface area contributed by atoms with Crippen LogP contribution in [0.25, 0.3) is 0 Å². The van der Waals surface area contributed by atoms with Crippen LogP contribution < -0.4 is 10.6 Å². The van der Waals surface area contributed by atoms with Crippen LogP contribution in [0.5, 0.6) is 0 Å². The predicted molar refractivity (Wildman–Crippen MR) is 81.9 cm³/mol. The molecule has 0 aromatic carbocycles. The lowest BCUT2D eigenvalue weighted by Gasteiger charge is -2.13. The first kappa shape index (κ1) is 15.4. The summed E-state index contributed by atoms with van der Waals surface area (Å²) in [5.74, 6) is 3.04. The van der Waals surface area contributed by atoms with E-state index in [-0.39, 0.29) is 0 Å². The van der Waals surface area contributed by atoms with Crippen molar-refractivity contribution >= 4 is 35.1 Å². The van der Waals surface area contributed by atoms with Gasteiger partial charge in [0.1, 0.15) is 10.8 Å². The standard InChI is InChI=1S/C12H21ClN4S/c1-4-5-14-12-16-7-10(13)11(17-12)15-6-9(2)8-18-3/h7,9H,4-6,8H2,1-3H3,(H2,14,15,16,17). The molecular weight excluding hydrogens is 268 g/mol. The molecule has 0 aliphatic rings. The average molecular weight is 289 g/mol. The van der Waals surface area contributed by atoms with Crippen molar-refractivity contribution < 1.29 is 0 Å². The number of nitrogens with one attached hydrogen (secondary N) is 2. The van der Waals surface area contributed by atoms with Gasteiger partial charge in [0.05, 0.1) is 6.20 Å². The van der Waals surface area contributed by atoms with Gasteiger partial charge >= 0.3 is 0 Å². The van der Waals surface area contributed by atoms with E-state index >= 15 is 0 Å². The molecule has 0 aliphatic heterocycles. The minimum Gasteiger partial charge on any atom is -0.368 e. The quantitative estimate of drug-likeness (QED) is 0.768. The molecule has 4 nitrogen and oxygen atoms in total. The third-order valence-corrected chi connectivity index (χ3v) is 3.53. The Morgan fingerprint density at radius 2 is 2.22 bits per heavy atom. The van der Waals surface area contributed by atoms with E-state index in [2.05, 4.69) is 40.7 Å². The molecule has 1 rings (SSSR count). The summed E-state index contributed by atoms with van der Waals surface area (Å²) in [7, 11) is 0. The maximum absolute atomic E-state index is 6.07. The van der Waals surface area contributed by atoms with Crippen molar-refractivity contribution in [3.05, 3.63) is 11.2 Å². The number of anilines is 2. The van der Waals surface area contributed by atoms with Crippen LogP contribution in [0.1, 0.15) is 20.3 Å². The van der Waals surface area contributed by atoms with Crippen molar-refractivity contribution in [3.8, 4) is 0 Å². The molecule has 0 amide bonds. The monoisotopic (exact) mass is 288 g/mol. The van der Waals surface area contributed by atoms with Crippen LogP contribution in [0.15, 0.2) is 6.20 Å². The van der Waals surface area contributed by atoms with E-state index < -0.39 is 0 Å². The van der Waals surface area contributed by atoms with E-state index in [0.717, 1.165) is 25.3 Å². The minimum absolute atomic E-state index is 0.563. The lowest BCUT2D eigenvalue weighted by molar-refractivity contribution is 0.699. The summed E-state index contributed by atoms with van der Waals surface area (Å²) < 4.78 is 0. The molecule has 2 N–H and O–H groups in total. The molecule has 0 spiro atoms.